The van der Waals surface area contributed by atoms with Crippen LogP contribution in [0.1, 0.15) is 22.3 Å². The largest absolute Gasteiger partial charge is 0.455 e. The predicted octanol–water partition coefficient (Wildman–Crippen LogP) is 10.7. The molecule has 5 nitrogen and oxygen atoms in total. The van der Waals surface area contributed by atoms with Gasteiger partial charge < -0.3 is 10.2 Å². The summed E-state index contributed by atoms with van der Waals surface area (Å²) in [5.74, 6) is 1.74. The number of benzene rings is 7. The zero-order valence-corrected chi connectivity index (χ0v) is 27.5. The molecule has 2 heterocycles. The van der Waals surface area contributed by atoms with E-state index >= 15 is 0 Å². The number of furan rings is 1. The van der Waals surface area contributed by atoms with Gasteiger partial charge in [-0.05, 0) is 57.6 Å². The van der Waals surface area contributed by atoms with Crippen LogP contribution >= 0.6 is 0 Å². The van der Waals surface area contributed by atoms with E-state index in [1.165, 1.54) is 11.1 Å². The molecule has 10 rings (SSSR count). The summed E-state index contributed by atoms with van der Waals surface area (Å²) >= 11 is 0. The molecule has 240 valence electrons. The first-order valence-electron chi connectivity index (χ1n) is 17.1. The first-order valence-corrected chi connectivity index (χ1v) is 17.1. The summed E-state index contributed by atoms with van der Waals surface area (Å²) in [6.45, 7) is 0. The molecular weight excluding hydrogens is 625 g/mol. The molecule has 7 aromatic carbocycles. The SMILES string of the molecule is Nc1ccc(C2(c3ccccc3)c3ccccc3-c3c2cc(-c2nc(-c4ccccc4)nc(-c4ccccc4)n2)c2oc4ccccc4c32)cc1. The van der Waals surface area contributed by atoms with Crippen LogP contribution in [-0.2, 0) is 5.41 Å². The molecule has 5 heteroatoms. The second-order valence-electron chi connectivity index (χ2n) is 13.0. The number of aromatic nitrogens is 3. The summed E-state index contributed by atoms with van der Waals surface area (Å²) in [5.41, 5.74) is 17.5. The highest BCUT2D eigenvalue weighted by molar-refractivity contribution is 6.19. The summed E-state index contributed by atoms with van der Waals surface area (Å²) in [6.07, 6.45) is 0. The van der Waals surface area contributed by atoms with Gasteiger partial charge in [0.25, 0.3) is 0 Å². The molecule has 0 saturated heterocycles. The predicted molar refractivity (Wildman–Crippen MR) is 205 cm³/mol. The lowest BCUT2D eigenvalue weighted by Crippen LogP contribution is -2.28. The molecule has 0 amide bonds. The van der Waals surface area contributed by atoms with Crippen LogP contribution in [0.3, 0.4) is 0 Å². The Balaban J connectivity index is 1.38. The van der Waals surface area contributed by atoms with Crippen LogP contribution in [-0.4, -0.2) is 15.0 Å². The zero-order valence-electron chi connectivity index (χ0n) is 27.5. The van der Waals surface area contributed by atoms with Crippen LogP contribution in [0.2, 0.25) is 0 Å². The fraction of sp³-hybridized carbons (Fsp3) is 0.0217. The first-order chi connectivity index (χ1) is 25.2. The van der Waals surface area contributed by atoms with Crippen molar-refractivity contribution in [2.24, 2.45) is 0 Å². The van der Waals surface area contributed by atoms with Gasteiger partial charge in [0.1, 0.15) is 11.2 Å². The normalized spacial score (nSPS) is 14.8. The van der Waals surface area contributed by atoms with Gasteiger partial charge >= 0.3 is 0 Å². The number of hydrogen-bond acceptors (Lipinski definition) is 5. The lowest BCUT2D eigenvalue weighted by molar-refractivity contribution is 0.669. The van der Waals surface area contributed by atoms with Crippen LogP contribution in [0.5, 0.6) is 0 Å². The maximum absolute atomic E-state index is 6.85. The fourth-order valence-corrected chi connectivity index (χ4v) is 7.95. The number of rotatable bonds is 5. The van der Waals surface area contributed by atoms with Crippen LogP contribution < -0.4 is 5.73 Å². The van der Waals surface area contributed by atoms with Gasteiger partial charge in [0.2, 0.25) is 0 Å². The molecule has 1 atom stereocenters. The molecule has 0 spiro atoms. The summed E-state index contributed by atoms with van der Waals surface area (Å²) in [6, 6.07) is 58.5. The summed E-state index contributed by atoms with van der Waals surface area (Å²) in [7, 11) is 0. The summed E-state index contributed by atoms with van der Waals surface area (Å²) < 4.78 is 6.85. The maximum atomic E-state index is 6.85. The van der Waals surface area contributed by atoms with Gasteiger partial charge in [-0.15, -0.1) is 0 Å². The number of nitrogens with two attached hydrogens (primary N) is 1. The zero-order chi connectivity index (χ0) is 33.9. The number of fused-ring (bicyclic) bond motifs is 7. The molecule has 0 fully saturated rings. The number of hydrogen-bond donors (Lipinski definition) is 1. The van der Waals surface area contributed by atoms with Crippen molar-refractivity contribution in [3.63, 3.8) is 0 Å². The molecule has 0 radical (unpaired) electrons. The topological polar surface area (TPSA) is 77.8 Å². The van der Waals surface area contributed by atoms with E-state index in [9.17, 15) is 0 Å². The van der Waals surface area contributed by atoms with Crippen LogP contribution in [0.15, 0.2) is 174 Å². The number of nitrogen functional groups attached to an aromatic ring is 1. The molecule has 0 saturated carbocycles. The molecule has 1 aliphatic rings. The van der Waals surface area contributed by atoms with Crippen molar-refractivity contribution in [1.29, 1.82) is 0 Å². The Kier molecular flexibility index (Phi) is 6.48. The highest BCUT2D eigenvalue weighted by Crippen LogP contribution is 2.60. The Labute approximate surface area is 294 Å². The standard InChI is InChI=1S/C46H30N4O/c47-33-26-24-32(25-27-33)46(31-18-8-3-9-19-31)37-22-12-10-20-34(37)40-38(46)28-36(42-41(40)35-21-11-13-23-39(35)51-42)45-49-43(29-14-4-1-5-15-29)48-44(50-45)30-16-6-2-7-17-30/h1-28H,47H2. The van der Waals surface area contributed by atoms with E-state index in [4.69, 9.17) is 25.1 Å². The summed E-state index contributed by atoms with van der Waals surface area (Å²) in [4.78, 5) is 15.4. The third kappa shape index (κ3) is 4.38. The van der Waals surface area contributed by atoms with Gasteiger partial charge in [-0.25, -0.2) is 15.0 Å². The van der Waals surface area contributed by atoms with Gasteiger partial charge in [0.15, 0.2) is 17.5 Å². The highest BCUT2D eigenvalue weighted by Gasteiger charge is 2.47. The van der Waals surface area contributed by atoms with Gasteiger partial charge in [0, 0.05) is 27.6 Å². The molecule has 0 aliphatic heterocycles. The van der Waals surface area contributed by atoms with E-state index in [-0.39, 0.29) is 0 Å². The van der Waals surface area contributed by atoms with E-state index in [1.54, 1.807) is 0 Å². The van der Waals surface area contributed by atoms with Crippen molar-refractivity contribution in [3.8, 4) is 45.3 Å². The highest BCUT2D eigenvalue weighted by atomic mass is 16.3. The van der Waals surface area contributed by atoms with E-state index in [0.717, 1.165) is 66.6 Å². The van der Waals surface area contributed by atoms with E-state index < -0.39 is 5.41 Å². The summed E-state index contributed by atoms with van der Waals surface area (Å²) in [5, 5.41) is 2.09. The van der Waals surface area contributed by atoms with Gasteiger partial charge in [-0.3, -0.25) is 0 Å². The monoisotopic (exact) mass is 654 g/mol. The average Bonchev–Trinajstić information content (AvgIpc) is 3.73. The Morgan fingerprint density at radius 1 is 0.471 bits per heavy atom. The first kappa shape index (κ1) is 29.1. The van der Waals surface area contributed by atoms with E-state index in [2.05, 4.69) is 84.9 Å². The number of para-hydroxylation sites is 1. The van der Waals surface area contributed by atoms with Crippen molar-refractivity contribution < 1.29 is 4.42 Å². The lowest BCUT2D eigenvalue weighted by Gasteiger charge is -2.34. The van der Waals surface area contributed by atoms with Crippen LogP contribution in [0.4, 0.5) is 5.69 Å². The van der Waals surface area contributed by atoms with Crippen LogP contribution in [0.25, 0.3) is 67.2 Å². The van der Waals surface area contributed by atoms with Crippen molar-refractivity contribution in [2.45, 2.75) is 5.41 Å². The van der Waals surface area contributed by atoms with Crippen molar-refractivity contribution in [2.75, 3.05) is 5.73 Å². The molecule has 2 aromatic heterocycles. The fourth-order valence-electron chi connectivity index (χ4n) is 7.95. The number of anilines is 1. The smallest absolute Gasteiger partial charge is 0.167 e. The molecular formula is C46H30N4O. The van der Waals surface area contributed by atoms with Crippen LogP contribution in [0, 0.1) is 0 Å². The Morgan fingerprint density at radius 3 is 1.71 bits per heavy atom. The van der Waals surface area contributed by atoms with Gasteiger partial charge in [-0.2, -0.15) is 0 Å². The van der Waals surface area contributed by atoms with E-state index in [0.29, 0.717) is 17.5 Å². The second-order valence-corrected chi connectivity index (χ2v) is 13.0. The molecule has 0 bridgehead atoms. The minimum absolute atomic E-state index is 0.546. The number of nitrogens with zero attached hydrogens (tertiary/aromatic N) is 3. The quantitative estimate of drug-likeness (QED) is 0.187. The molecule has 9 aromatic rings. The minimum atomic E-state index is -0.667. The third-order valence-corrected chi connectivity index (χ3v) is 10.1. The molecule has 51 heavy (non-hydrogen) atoms. The van der Waals surface area contributed by atoms with Gasteiger partial charge in [0.05, 0.1) is 11.0 Å². The average molecular weight is 655 g/mol. The van der Waals surface area contributed by atoms with Crippen molar-refractivity contribution >= 4 is 27.6 Å². The lowest BCUT2D eigenvalue weighted by atomic mass is 9.67. The Morgan fingerprint density at radius 2 is 1.02 bits per heavy atom. The Bertz CT molecular complexity index is 2680. The van der Waals surface area contributed by atoms with E-state index in [1.807, 2.05) is 84.9 Å². The third-order valence-electron chi connectivity index (χ3n) is 10.1. The molecule has 2 N–H and O–H groups in total. The maximum Gasteiger partial charge on any atom is 0.167 e. The molecule has 1 unspecified atom stereocenters. The second kappa shape index (κ2) is 11.4. The van der Waals surface area contributed by atoms with Crippen molar-refractivity contribution in [3.05, 3.63) is 192 Å². The van der Waals surface area contributed by atoms with Gasteiger partial charge in [-0.1, -0.05) is 146 Å². The molecule has 1 aliphatic carbocycles. The minimum Gasteiger partial charge on any atom is -0.455 e. The Hall–Kier alpha value is -6.85. The van der Waals surface area contributed by atoms with Crippen molar-refractivity contribution in [1.82, 2.24) is 15.0 Å².